The van der Waals surface area contributed by atoms with Gasteiger partial charge in [0.1, 0.15) is 10.1 Å². The number of nitrogens with zero attached hydrogens (tertiary/aromatic N) is 3. The lowest BCUT2D eigenvalue weighted by molar-refractivity contribution is 0.0963. The summed E-state index contributed by atoms with van der Waals surface area (Å²) in [7, 11) is 1.58. The number of halogens is 2. The number of fused-ring (bicyclic) bond motifs is 1. The van der Waals surface area contributed by atoms with Gasteiger partial charge >= 0.3 is 0 Å². The number of carbonyl (C=O) groups is 1. The summed E-state index contributed by atoms with van der Waals surface area (Å²) >= 11 is 9.56. The standard InChI is InChI=1S/C17H15BrClN5O/c1-20-17(25)11-6-9(2-5-12(11)19)22-16-15-13(7-14(18)23-16)21-8-24(15)10-3-4-10/h2,5-8,10H,3-4H2,1H3,(H,20,25)(H,22,23). The molecule has 128 valence electrons. The van der Waals surface area contributed by atoms with Crippen molar-refractivity contribution in [1.29, 1.82) is 0 Å². The van der Waals surface area contributed by atoms with Crippen LogP contribution in [0.5, 0.6) is 0 Å². The maximum Gasteiger partial charge on any atom is 0.252 e. The van der Waals surface area contributed by atoms with Gasteiger partial charge in [-0.3, -0.25) is 4.79 Å². The minimum Gasteiger partial charge on any atom is -0.355 e. The number of rotatable bonds is 4. The van der Waals surface area contributed by atoms with Crippen molar-refractivity contribution in [1.82, 2.24) is 19.9 Å². The summed E-state index contributed by atoms with van der Waals surface area (Å²) < 4.78 is 2.86. The number of aromatic nitrogens is 3. The van der Waals surface area contributed by atoms with Crippen LogP contribution in [0.3, 0.4) is 0 Å². The molecule has 0 aliphatic heterocycles. The van der Waals surface area contributed by atoms with Crippen molar-refractivity contribution in [3.8, 4) is 0 Å². The Morgan fingerprint density at radius 3 is 2.88 bits per heavy atom. The van der Waals surface area contributed by atoms with E-state index in [0.29, 0.717) is 27.0 Å². The minimum absolute atomic E-state index is 0.232. The Morgan fingerprint density at radius 2 is 2.16 bits per heavy atom. The van der Waals surface area contributed by atoms with Crippen LogP contribution < -0.4 is 10.6 Å². The number of anilines is 2. The van der Waals surface area contributed by atoms with Crippen LogP contribution in [0.25, 0.3) is 11.0 Å². The second-order valence-corrected chi connectivity index (χ2v) is 7.16. The van der Waals surface area contributed by atoms with E-state index in [4.69, 9.17) is 11.6 Å². The first kappa shape index (κ1) is 16.4. The predicted molar refractivity (Wildman–Crippen MR) is 102 cm³/mol. The number of carbonyl (C=O) groups excluding carboxylic acids is 1. The van der Waals surface area contributed by atoms with Gasteiger partial charge in [-0.05, 0) is 53.0 Å². The van der Waals surface area contributed by atoms with Gasteiger partial charge in [0.05, 0.1) is 22.4 Å². The van der Waals surface area contributed by atoms with E-state index in [1.807, 2.05) is 18.5 Å². The molecule has 0 radical (unpaired) electrons. The average molecular weight is 421 g/mol. The molecule has 1 aliphatic carbocycles. The largest absolute Gasteiger partial charge is 0.355 e. The van der Waals surface area contributed by atoms with Crippen LogP contribution >= 0.6 is 27.5 Å². The van der Waals surface area contributed by atoms with E-state index in [1.54, 1.807) is 19.2 Å². The van der Waals surface area contributed by atoms with Crippen LogP contribution in [0, 0.1) is 0 Å². The highest BCUT2D eigenvalue weighted by molar-refractivity contribution is 9.10. The van der Waals surface area contributed by atoms with Gasteiger partial charge < -0.3 is 15.2 Å². The molecule has 1 aromatic carbocycles. The molecule has 8 heteroatoms. The lowest BCUT2D eigenvalue weighted by Gasteiger charge is -2.12. The molecule has 0 unspecified atom stereocenters. The van der Waals surface area contributed by atoms with Gasteiger partial charge in [0.25, 0.3) is 5.91 Å². The van der Waals surface area contributed by atoms with Crippen molar-refractivity contribution in [2.45, 2.75) is 18.9 Å². The Morgan fingerprint density at radius 1 is 1.36 bits per heavy atom. The first-order valence-corrected chi connectivity index (χ1v) is 9.05. The molecule has 0 atom stereocenters. The van der Waals surface area contributed by atoms with E-state index in [-0.39, 0.29) is 5.91 Å². The van der Waals surface area contributed by atoms with Crippen molar-refractivity contribution in [2.24, 2.45) is 0 Å². The van der Waals surface area contributed by atoms with E-state index in [9.17, 15) is 4.79 Å². The van der Waals surface area contributed by atoms with Crippen LogP contribution in [-0.4, -0.2) is 27.5 Å². The van der Waals surface area contributed by atoms with E-state index in [0.717, 1.165) is 29.6 Å². The number of hydrogen-bond donors (Lipinski definition) is 2. The minimum atomic E-state index is -0.232. The predicted octanol–water partition coefficient (Wildman–Crippen LogP) is 4.29. The maximum atomic E-state index is 12.0. The van der Waals surface area contributed by atoms with Gasteiger partial charge in [0.15, 0.2) is 5.82 Å². The first-order chi connectivity index (χ1) is 12.1. The molecule has 3 aromatic rings. The van der Waals surface area contributed by atoms with Gasteiger partial charge in [-0.25, -0.2) is 9.97 Å². The molecule has 0 bridgehead atoms. The molecule has 2 aromatic heterocycles. The topological polar surface area (TPSA) is 71.8 Å². The molecule has 0 saturated heterocycles. The van der Waals surface area contributed by atoms with Crippen LogP contribution in [-0.2, 0) is 0 Å². The third-order valence-electron chi connectivity index (χ3n) is 4.16. The van der Waals surface area contributed by atoms with Gasteiger partial charge in [-0.1, -0.05) is 11.6 Å². The van der Waals surface area contributed by atoms with Crippen molar-refractivity contribution >= 4 is 56.0 Å². The third kappa shape index (κ3) is 3.09. The average Bonchev–Trinajstić information content (AvgIpc) is 3.35. The van der Waals surface area contributed by atoms with Crippen LogP contribution in [0.15, 0.2) is 35.2 Å². The SMILES string of the molecule is CNC(=O)c1cc(Nc2nc(Br)cc3ncn(C4CC4)c23)ccc1Cl. The first-order valence-electron chi connectivity index (χ1n) is 7.88. The van der Waals surface area contributed by atoms with Gasteiger partial charge in [0, 0.05) is 18.8 Å². The smallest absolute Gasteiger partial charge is 0.252 e. The third-order valence-corrected chi connectivity index (χ3v) is 4.90. The Kier molecular flexibility index (Phi) is 4.13. The number of nitrogens with one attached hydrogen (secondary N) is 2. The van der Waals surface area contributed by atoms with Crippen molar-refractivity contribution in [3.63, 3.8) is 0 Å². The highest BCUT2D eigenvalue weighted by Crippen LogP contribution is 2.39. The fourth-order valence-electron chi connectivity index (χ4n) is 2.79. The van der Waals surface area contributed by atoms with E-state index in [2.05, 4.69) is 41.1 Å². The molecule has 2 N–H and O–H groups in total. The Balaban J connectivity index is 1.78. The van der Waals surface area contributed by atoms with Crippen molar-refractivity contribution in [2.75, 3.05) is 12.4 Å². The van der Waals surface area contributed by atoms with Gasteiger partial charge in [-0.2, -0.15) is 0 Å². The molecule has 1 saturated carbocycles. The normalized spacial score (nSPS) is 13.9. The lowest BCUT2D eigenvalue weighted by Crippen LogP contribution is -2.18. The molecule has 25 heavy (non-hydrogen) atoms. The second kappa shape index (κ2) is 6.31. The molecule has 6 nitrogen and oxygen atoms in total. The Hall–Kier alpha value is -2.12. The van der Waals surface area contributed by atoms with E-state index >= 15 is 0 Å². The zero-order valence-corrected chi connectivity index (χ0v) is 15.7. The molecular weight excluding hydrogens is 406 g/mol. The number of pyridine rings is 1. The summed E-state index contributed by atoms with van der Waals surface area (Å²) in [5.41, 5.74) is 2.98. The van der Waals surface area contributed by atoms with Crippen molar-refractivity contribution < 1.29 is 4.79 Å². The van der Waals surface area contributed by atoms with E-state index in [1.165, 1.54) is 0 Å². The Labute approximate surface area is 157 Å². The summed E-state index contributed by atoms with van der Waals surface area (Å²) in [6, 6.07) is 7.62. The summed E-state index contributed by atoms with van der Waals surface area (Å²) in [6.45, 7) is 0. The zero-order valence-electron chi connectivity index (χ0n) is 13.4. The maximum absolute atomic E-state index is 12.0. The summed E-state index contributed by atoms with van der Waals surface area (Å²) in [5, 5.41) is 6.30. The van der Waals surface area contributed by atoms with Crippen LogP contribution in [0.2, 0.25) is 5.02 Å². The molecule has 1 amide bonds. The molecule has 1 fully saturated rings. The highest BCUT2D eigenvalue weighted by atomic mass is 79.9. The van der Waals surface area contributed by atoms with Crippen LogP contribution in [0.4, 0.5) is 11.5 Å². The molecular formula is C17H15BrClN5O. The molecule has 0 spiro atoms. The number of amides is 1. The van der Waals surface area contributed by atoms with Crippen LogP contribution in [0.1, 0.15) is 29.2 Å². The van der Waals surface area contributed by atoms with Gasteiger partial charge in [0.2, 0.25) is 0 Å². The number of hydrogen-bond acceptors (Lipinski definition) is 4. The van der Waals surface area contributed by atoms with Gasteiger partial charge in [-0.15, -0.1) is 0 Å². The Bertz CT molecular complexity index is 983. The monoisotopic (exact) mass is 419 g/mol. The zero-order chi connectivity index (χ0) is 17.6. The lowest BCUT2D eigenvalue weighted by atomic mass is 10.2. The van der Waals surface area contributed by atoms with E-state index < -0.39 is 0 Å². The number of benzene rings is 1. The molecule has 1 aliphatic rings. The fraction of sp³-hybridized carbons (Fsp3) is 0.235. The second-order valence-electron chi connectivity index (χ2n) is 5.94. The molecule has 4 rings (SSSR count). The highest BCUT2D eigenvalue weighted by Gasteiger charge is 2.26. The number of imidazole rings is 1. The van der Waals surface area contributed by atoms with Crippen molar-refractivity contribution in [3.05, 3.63) is 45.8 Å². The summed E-state index contributed by atoms with van der Waals surface area (Å²) in [4.78, 5) is 21.0. The summed E-state index contributed by atoms with van der Waals surface area (Å²) in [6.07, 6.45) is 4.17. The quantitative estimate of drug-likeness (QED) is 0.618. The molecule has 2 heterocycles. The summed E-state index contributed by atoms with van der Waals surface area (Å²) in [5.74, 6) is 0.461. The fourth-order valence-corrected chi connectivity index (χ4v) is 3.39.